The van der Waals surface area contributed by atoms with Crippen molar-refractivity contribution in [1.29, 1.82) is 0 Å². The lowest BCUT2D eigenvalue weighted by Gasteiger charge is -2.32. The van der Waals surface area contributed by atoms with Crippen LogP contribution in [-0.2, 0) is 4.79 Å². The Hall–Kier alpha value is -2.60. The monoisotopic (exact) mass is 381 g/mol. The third kappa shape index (κ3) is 4.57. The van der Waals surface area contributed by atoms with E-state index in [0.29, 0.717) is 12.5 Å². The van der Waals surface area contributed by atoms with E-state index in [1.165, 1.54) is 0 Å². The number of piperidine rings is 1. The molecular weight excluding hydrogens is 358 g/mol. The Kier molecular flexibility index (Phi) is 5.53. The lowest BCUT2D eigenvalue weighted by molar-refractivity contribution is -0.123. The van der Waals surface area contributed by atoms with Gasteiger partial charge < -0.3 is 15.0 Å². The summed E-state index contributed by atoms with van der Waals surface area (Å²) in [7, 11) is 0. The number of aromatic nitrogens is 1. The average Bonchev–Trinajstić information content (AvgIpc) is 3.26. The van der Waals surface area contributed by atoms with E-state index in [0.717, 1.165) is 47.6 Å². The predicted molar refractivity (Wildman–Crippen MR) is 110 cm³/mol. The third-order valence-electron chi connectivity index (χ3n) is 4.89. The summed E-state index contributed by atoms with van der Waals surface area (Å²) in [5.74, 6) is 1.10. The van der Waals surface area contributed by atoms with Crippen molar-refractivity contribution in [2.45, 2.75) is 12.8 Å². The summed E-state index contributed by atoms with van der Waals surface area (Å²) in [5, 5.41) is 8.37. The van der Waals surface area contributed by atoms with Crippen LogP contribution >= 0.6 is 11.3 Å². The second-order valence-electron chi connectivity index (χ2n) is 6.87. The van der Waals surface area contributed by atoms with Gasteiger partial charge in [-0.05, 0) is 41.7 Å². The van der Waals surface area contributed by atoms with Crippen LogP contribution in [0.3, 0.4) is 0 Å². The van der Waals surface area contributed by atoms with E-state index in [2.05, 4.69) is 21.3 Å². The molecule has 1 aromatic heterocycles. The van der Waals surface area contributed by atoms with Gasteiger partial charge in [0.15, 0.2) is 11.7 Å². The maximum absolute atomic E-state index is 12.2. The standard InChI is InChI=1S/C21H23N3O2S/c25-20(15-26-19-8-7-17-5-1-2-6-18(17)12-19)23-13-16-4-3-10-24(14-16)21-22-9-11-27-21/h1-2,5-9,11-12,16H,3-4,10,13-15H2,(H,23,25). The minimum absolute atomic E-state index is 0.0429. The first-order valence-electron chi connectivity index (χ1n) is 9.31. The number of thiazole rings is 1. The lowest BCUT2D eigenvalue weighted by atomic mass is 9.98. The van der Waals surface area contributed by atoms with E-state index < -0.39 is 0 Å². The highest BCUT2D eigenvalue weighted by Crippen LogP contribution is 2.24. The summed E-state index contributed by atoms with van der Waals surface area (Å²) in [6, 6.07) is 14.0. The van der Waals surface area contributed by atoms with Gasteiger partial charge >= 0.3 is 0 Å². The normalized spacial score (nSPS) is 17.0. The second kappa shape index (κ2) is 8.39. The smallest absolute Gasteiger partial charge is 0.257 e. The number of anilines is 1. The number of benzene rings is 2. The number of carbonyl (C=O) groups excluding carboxylic acids is 1. The molecule has 1 unspecified atom stereocenters. The Morgan fingerprint density at radius 1 is 1.26 bits per heavy atom. The third-order valence-corrected chi connectivity index (χ3v) is 5.72. The van der Waals surface area contributed by atoms with Gasteiger partial charge in [0.25, 0.3) is 5.91 Å². The highest BCUT2D eigenvalue weighted by molar-refractivity contribution is 7.13. The van der Waals surface area contributed by atoms with Gasteiger partial charge in [-0.3, -0.25) is 4.79 Å². The van der Waals surface area contributed by atoms with Crippen LogP contribution in [0.5, 0.6) is 5.75 Å². The van der Waals surface area contributed by atoms with Gasteiger partial charge in [-0.25, -0.2) is 4.98 Å². The Balaban J connectivity index is 1.24. The fourth-order valence-electron chi connectivity index (χ4n) is 3.49. The molecule has 1 aliphatic rings. The largest absolute Gasteiger partial charge is 0.484 e. The Bertz CT molecular complexity index is 897. The molecule has 0 saturated carbocycles. The Morgan fingerprint density at radius 2 is 2.15 bits per heavy atom. The maximum Gasteiger partial charge on any atom is 0.257 e. The SMILES string of the molecule is O=C(COc1ccc2ccccc2c1)NCC1CCCN(c2nccs2)C1. The maximum atomic E-state index is 12.2. The molecule has 6 heteroatoms. The van der Waals surface area contributed by atoms with Crippen molar-refractivity contribution in [3.8, 4) is 5.75 Å². The van der Waals surface area contributed by atoms with Crippen LogP contribution in [-0.4, -0.2) is 37.1 Å². The molecule has 0 radical (unpaired) electrons. The van der Waals surface area contributed by atoms with Crippen LogP contribution in [0.1, 0.15) is 12.8 Å². The average molecular weight is 382 g/mol. The van der Waals surface area contributed by atoms with E-state index in [9.17, 15) is 4.79 Å². The Labute approximate surface area is 163 Å². The van der Waals surface area contributed by atoms with Crippen LogP contribution < -0.4 is 15.0 Å². The number of nitrogens with one attached hydrogen (secondary N) is 1. The van der Waals surface area contributed by atoms with Crippen LogP contribution in [0.15, 0.2) is 54.0 Å². The molecular formula is C21H23N3O2S. The van der Waals surface area contributed by atoms with Crippen molar-refractivity contribution < 1.29 is 9.53 Å². The quantitative estimate of drug-likeness (QED) is 0.707. The molecule has 1 amide bonds. The van der Waals surface area contributed by atoms with Gasteiger partial charge in [0.1, 0.15) is 5.75 Å². The lowest BCUT2D eigenvalue weighted by Crippen LogP contribution is -2.41. The number of hydrogen-bond donors (Lipinski definition) is 1. The van der Waals surface area contributed by atoms with E-state index in [1.54, 1.807) is 11.3 Å². The van der Waals surface area contributed by atoms with Gasteiger partial charge in [-0.15, -0.1) is 11.3 Å². The van der Waals surface area contributed by atoms with Crippen LogP contribution in [0, 0.1) is 5.92 Å². The summed E-state index contributed by atoms with van der Waals surface area (Å²) in [5.41, 5.74) is 0. The fraction of sp³-hybridized carbons (Fsp3) is 0.333. The van der Waals surface area contributed by atoms with Gasteiger partial charge in [-0.1, -0.05) is 30.3 Å². The van der Waals surface area contributed by atoms with Gasteiger partial charge in [0.2, 0.25) is 0 Å². The number of nitrogens with zero attached hydrogens (tertiary/aromatic N) is 2. The first-order valence-corrected chi connectivity index (χ1v) is 10.2. The van der Waals surface area contributed by atoms with Gasteiger partial charge in [0, 0.05) is 31.2 Å². The molecule has 5 nitrogen and oxygen atoms in total. The van der Waals surface area contributed by atoms with Crippen LogP contribution in [0.2, 0.25) is 0 Å². The van der Waals surface area contributed by atoms with E-state index in [1.807, 2.05) is 48.0 Å². The molecule has 1 aliphatic heterocycles. The molecule has 27 heavy (non-hydrogen) atoms. The van der Waals surface area contributed by atoms with Crippen molar-refractivity contribution in [2.24, 2.45) is 5.92 Å². The van der Waals surface area contributed by atoms with Crippen LogP contribution in [0.25, 0.3) is 10.8 Å². The molecule has 1 atom stereocenters. The molecule has 0 aliphatic carbocycles. The van der Waals surface area contributed by atoms with Gasteiger partial charge in [0.05, 0.1) is 0 Å². The minimum atomic E-state index is -0.0745. The van der Waals surface area contributed by atoms with Crippen molar-refractivity contribution in [1.82, 2.24) is 10.3 Å². The zero-order valence-electron chi connectivity index (χ0n) is 15.1. The highest BCUT2D eigenvalue weighted by Gasteiger charge is 2.21. The summed E-state index contributed by atoms with van der Waals surface area (Å²) in [6.45, 7) is 2.71. The predicted octanol–water partition coefficient (Wildman–Crippen LogP) is 3.71. The molecule has 1 saturated heterocycles. The molecule has 1 fully saturated rings. The first-order chi connectivity index (χ1) is 13.3. The fourth-order valence-corrected chi connectivity index (χ4v) is 4.17. The first kappa shape index (κ1) is 17.8. The number of rotatable bonds is 6. The van der Waals surface area contributed by atoms with Crippen molar-refractivity contribution >= 4 is 33.1 Å². The topological polar surface area (TPSA) is 54.5 Å². The molecule has 2 heterocycles. The summed E-state index contributed by atoms with van der Waals surface area (Å²) in [4.78, 5) is 18.9. The number of hydrogen-bond acceptors (Lipinski definition) is 5. The van der Waals surface area contributed by atoms with Crippen LogP contribution in [0.4, 0.5) is 5.13 Å². The molecule has 0 spiro atoms. The molecule has 3 aromatic rings. The Morgan fingerprint density at radius 3 is 3.00 bits per heavy atom. The number of ether oxygens (including phenoxy) is 1. The second-order valence-corrected chi connectivity index (χ2v) is 7.74. The molecule has 1 N–H and O–H groups in total. The minimum Gasteiger partial charge on any atom is -0.484 e. The summed E-state index contributed by atoms with van der Waals surface area (Å²) in [6.07, 6.45) is 4.11. The zero-order chi connectivity index (χ0) is 18.5. The molecule has 2 aromatic carbocycles. The summed E-state index contributed by atoms with van der Waals surface area (Å²) >= 11 is 1.67. The highest BCUT2D eigenvalue weighted by atomic mass is 32.1. The number of fused-ring (bicyclic) bond motifs is 1. The molecule has 0 bridgehead atoms. The molecule has 140 valence electrons. The number of amides is 1. The van der Waals surface area contributed by atoms with Crippen molar-refractivity contribution in [3.63, 3.8) is 0 Å². The van der Waals surface area contributed by atoms with Gasteiger partial charge in [-0.2, -0.15) is 0 Å². The van der Waals surface area contributed by atoms with Crippen molar-refractivity contribution in [3.05, 3.63) is 54.0 Å². The molecule has 4 rings (SSSR count). The zero-order valence-corrected chi connectivity index (χ0v) is 16.0. The number of carbonyl (C=O) groups is 1. The van der Waals surface area contributed by atoms with E-state index >= 15 is 0 Å². The summed E-state index contributed by atoms with van der Waals surface area (Å²) < 4.78 is 5.67. The van der Waals surface area contributed by atoms with Crippen molar-refractivity contribution in [2.75, 3.05) is 31.1 Å². The van der Waals surface area contributed by atoms with E-state index in [4.69, 9.17) is 4.74 Å². The van der Waals surface area contributed by atoms with E-state index in [-0.39, 0.29) is 12.5 Å².